The van der Waals surface area contributed by atoms with Crippen LogP contribution in [0.4, 0.5) is 0 Å². The van der Waals surface area contributed by atoms with E-state index >= 15 is 0 Å². The van der Waals surface area contributed by atoms with E-state index in [0.29, 0.717) is 0 Å². The summed E-state index contributed by atoms with van der Waals surface area (Å²) >= 11 is 1.63. The fraction of sp³-hybridized carbons (Fsp3) is 0.700. The minimum atomic E-state index is -0.719. The number of carbonyl (C=O) groups is 2. The first-order chi connectivity index (χ1) is 7.58. The van der Waals surface area contributed by atoms with Gasteiger partial charge in [0.05, 0.1) is 6.07 Å². The average Bonchev–Trinajstić information content (AvgIpc) is 2.31. The molecule has 0 aliphatic heterocycles. The Morgan fingerprint density at radius 2 is 2.19 bits per heavy atom. The van der Waals surface area contributed by atoms with Gasteiger partial charge < -0.3 is 10.2 Å². The maximum atomic E-state index is 11.6. The topological polar surface area (TPSA) is 73.2 Å². The molecule has 0 spiro atoms. The van der Waals surface area contributed by atoms with Crippen LogP contribution in [0.15, 0.2) is 0 Å². The highest BCUT2D eigenvalue weighted by Gasteiger charge is 2.23. The predicted molar refractivity (Wildman–Crippen MR) is 63.9 cm³/mol. The van der Waals surface area contributed by atoms with Crippen LogP contribution in [0.5, 0.6) is 0 Å². The Kier molecular flexibility index (Phi) is 7.38. The second kappa shape index (κ2) is 7.99. The van der Waals surface area contributed by atoms with Crippen molar-refractivity contribution in [3.05, 3.63) is 0 Å². The summed E-state index contributed by atoms with van der Waals surface area (Å²) in [4.78, 5) is 24.4. The predicted octanol–water partition coefficient (Wildman–Crippen LogP) is 0.226. The van der Waals surface area contributed by atoms with E-state index in [4.69, 9.17) is 5.26 Å². The molecule has 1 atom stereocenters. The van der Waals surface area contributed by atoms with Crippen molar-refractivity contribution in [3.8, 4) is 6.07 Å². The largest absolute Gasteiger partial charge is 0.335 e. The summed E-state index contributed by atoms with van der Waals surface area (Å²) in [6, 6.07) is 1.81. The van der Waals surface area contributed by atoms with E-state index in [0.717, 1.165) is 12.2 Å². The molecule has 2 amide bonds. The lowest BCUT2D eigenvalue weighted by Gasteiger charge is -2.25. The molecule has 0 heterocycles. The van der Waals surface area contributed by atoms with Crippen molar-refractivity contribution >= 4 is 23.6 Å². The summed E-state index contributed by atoms with van der Waals surface area (Å²) in [5.41, 5.74) is 0. The molecule has 0 saturated carbocycles. The van der Waals surface area contributed by atoms with Crippen LogP contribution in [-0.2, 0) is 9.59 Å². The summed E-state index contributed by atoms with van der Waals surface area (Å²) in [5.74, 6) is -0.510. The first kappa shape index (κ1) is 14.8. The third-order valence-corrected chi connectivity index (χ3v) is 2.94. The number of hydrogen-bond acceptors (Lipinski definition) is 4. The fourth-order valence-electron chi connectivity index (χ4n) is 1.22. The lowest BCUT2D eigenvalue weighted by atomic mass is 10.2. The Hall–Kier alpha value is -1.22. The van der Waals surface area contributed by atoms with Crippen molar-refractivity contribution in [1.29, 1.82) is 5.26 Å². The van der Waals surface area contributed by atoms with Gasteiger partial charge in [0, 0.05) is 18.8 Å². The molecule has 5 nitrogen and oxygen atoms in total. The van der Waals surface area contributed by atoms with Gasteiger partial charge in [0.1, 0.15) is 6.54 Å². The van der Waals surface area contributed by atoms with Crippen molar-refractivity contribution in [1.82, 2.24) is 10.2 Å². The lowest BCUT2D eigenvalue weighted by Crippen LogP contribution is -2.46. The van der Waals surface area contributed by atoms with E-state index in [2.05, 4.69) is 5.32 Å². The first-order valence-electron chi connectivity index (χ1n) is 4.99. The molecule has 0 bridgehead atoms. The second-order valence-electron chi connectivity index (χ2n) is 3.27. The maximum absolute atomic E-state index is 11.6. The fourth-order valence-corrected chi connectivity index (χ4v) is 2.06. The van der Waals surface area contributed by atoms with Crippen LogP contribution in [0, 0.1) is 11.3 Å². The van der Waals surface area contributed by atoms with Crippen molar-refractivity contribution in [2.24, 2.45) is 0 Å². The molecule has 1 unspecified atom stereocenters. The first-order valence-corrected chi connectivity index (χ1v) is 6.38. The second-order valence-corrected chi connectivity index (χ2v) is 4.18. The summed E-state index contributed by atoms with van der Waals surface area (Å²) in [5, 5.41) is 10.5. The van der Waals surface area contributed by atoms with Gasteiger partial charge in [0.2, 0.25) is 0 Å². The Morgan fingerprint density at radius 3 is 2.62 bits per heavy atom. The van der Waals surface area contributed by atoms with E-state index in [1.54, 1.807) is 24.9 Å². The van der Waals surface area contributed by atoms with Gasteiger partial charge in [-0.2, -0.15) is 17.0 Å². The number of nitrogens with zero attached hydrogens (tertiary/aromatic N) is 2. The third kappa shape index (κ3) is 4.53. The number of carbonyl (C=O) groups excluding carboxylic acids is 2. The van der Waals surface area contributed by atoms with E-state index < -0.39 is 11.8 Å². The van der Waals surface area contributed by atoms with Gasteiger partial charge in [-0.25, -0.2) is 0 Å². The van der Waals surface area contributed by atoms with Gasteiger partial charge in [-0.1, -0.05) is 6.92 Å². The minimum Gasteiger partial charge on any atom is -0.335 e. The molecule has 0 aromatic rings. The summed E-state index contributed by atoms with van der Waals surface area (Å²) < 4.78 is 0. The highest BCUT2D eigenvalue weighted by molar-refractivity contribution is 7.98. The van der Waals surface area contributed by atoms with Crippen LogP contribution < -0.4 is 5.32 Å². The molecule has 1 N–H and O–H groups in total. The number of amides is 2. The monoisotopic (exact) mass is 243 g/mol. The molecule has 0 saturated heterocycles. The average molecular weight is 243 g/mol. The van der Waals surface area contributed by atoms with E-state index in [1.165, 1.54) is 4.90 Å². The summed E-state index contributed by atoms with van der Waals surface area (Å²) in [7, 11) is 1.61. The van der Waals surface area contributed by atoms with Gasteiger partial charge in [-0.05, 0) is 12.7 Å². The van der Waals surface area contributed by atoms with Gasteiger partial charge >= 0.3 is 11.8 Å². The van der Waals surface area contributed by atoms with Crippen LogP contribution in [0.3, 0.4) is 0 Å². The molecule has 0 rings (SSSR count). The molecule has 90 valence electrons. The molecule has 0 fully saturated rings. The molecular weight excluding hydrogens is 226 g/mol. The van der Waals surface area contributed by atoms with Crippen LogP contribution in [0.25, 0.3) is 0 Å². The van der Waals surface area contributed by atoms with Crippen LogP contribution in [0.2, 0.25) is 0 Å². The van der Waals surface area contributed by atoms with Crippen LogP contribution in [0.1, 0.15) is 13.3 Å². The molecule has 0 aliphatic rings. The van der Waals surface area contributed by atoms with E-state index in [9.17, 15) is 9.59 Å². The zero-order valence-corrected chi connectivity index (χ0v) is 10.6. The Balaban J connectivity index is 4.35. The third-order valence-electron chi connectivity index (χ3n) is 2.22. The van der Waals surface area contributed by atoms with Crippen LogP contribution in [-0.4, -0.2) is 48.4 Å². The zero-order valence-electron chi connectivity index (χ0n) is 9.82. The van der Waals surface area contributed by atoms with Gasteiger partial charge in [0.25, 0.3) is 0 Å². The number of likely N-dealkylation sites (N-methyl/N-ethyl adjacent to an activating group) is 1. The number of thioether (sulfide) groups is 1. The standard InChI is InChI=1S/C10H17N3O2S/c1-4-8(7-16-3)13(2)10(15)9(14)12-6-5-11/h8H,4,6-7H2,1-3H3,(H,12,14). The van der Waals surface area contributed by atoms with Gasteiger partial charge in [0.15, 0.2) is 0 Å². The summed E-state index contributed by atoms with van der Waals surface area (Å²) in [6.07, 6.45) is 2.76. The van der Waals surface area contributed by atoms with E-state index in [1.807, 2.05) is 13.2 Å². The molecule has 6 heteroatoms. The highest BCUT2D eigenvalue weighted by Crippen LogP contribution is 2.08. The zero-order chi connectivity index (χ0) is 12.6. The van der Waals surface area contributed by atoms with Crippen molar-refractivity contribution in [2.75, 3.05) is 25.6 Å². The number of rotatable bonds is 5. The van der Waals surface area contributed by atoms with Crippen LogP contribution >= 0.6 is 11.8 Å². The molecule has 16 heavy (non-hydrogen) atoms. The Bertz CT molecular complexity index is 288. The quantitative estimate of drug-likeness (QED) is 0.554. The van der Waals surface area contributed by atoms with E-state index in [-0.39, 0.29) is 12.6 Å². The molecule has 0 aliphatic carbocycles. The van der Waals surface area contributed by atoms with Gasteiger partial charge in [-0.15, -0.1) is 0 Å². The summed E-state index contributed by atoms with van der Waals surface area (Å²) in [6.45, 7) is 1.83. The van der Waals surface area contributed by atoms with Crippen molar-refractivity contribution in [3.63, 3.8) is 0 Å². The minimum absolute atomic E-state index is 0.0512. The van der Waals surface area contributed by atoms with Gasteiger partial charge in [-0.3, -0.25) is 9.59 Å². The molecule has 0 aromatic carbocycles. The number of hydrogen-bond donors (Lipinski definition) is 1. The SMILES string of the molecule is CCC(CSC)N(C)C(=O)C(=O)NCC#N. The Morgan fingerprint density at radius 1 is 1.56 bits per heavy atom. The maximum Gasteiger partial charge on any atom is 0.311 e. The normalized spacial score (nSPS) is 11.4. The lowest BCUT2D eigenvalue weighted by molar-refractivity contribution is -0.146. The molecule has 0 aromatic heterocycles. The number of nitriles is 1. The smallest absolute Gasteiger partial charge is 0.311 e. The highest BCUT2D eigenvalue weighted by atomic mass is 32.2. The number of nitrogens with one attached hydrogen (secondary N) is 1. The van der Waals surface area contributed by atoms with Crippen molar-refractivity contribution in [2.45, 2.75) is 19.4 Å². The molecular formula is C10H17N3O2S. The van der Waals surface area contributed by atoms with Crippen molar-refractivity contribution < 1.29 is 9.59 Å². The Labute approximate surface area is 100 Å². The molecule has 0 radical (unpaired) electrons.